The second kappa shape index (κ2) is 7.41. The van der Waals surface area contributed by atoms with Crippen LogP contribution in [0, 0.1) is 0 Å². The number of anilines is 1. The van der Waals surface area contributed by atoms with Crippen molar-refractivity contribution in [2.24, 2.45) is 7.05 Å². The monoisotopic (exact) mass is 444 g/mol. The van der Waals surface area contributed by atoms with E-state index in [1.54, 1.807) is 19.2 Å². The van der Waals surface area contributed by atoms with Crippen LogP contribution in [-0.2, 0) is 7.05 Å². The van der Waals surface area contributed by atoms with Gasteiger partial charge in [-0.05, 0) is 35.7 Å². The second-order valence-corrected chi connectivity index (χ2v) is 8.79. The molecule has 2 fully saturated rings. The van der Waals surface area contributed by atoms with Gasteiger partial charge in [-0.25, -0.2) is 4.98 Å². The molecule has 2 aromatic carbocycles. The zero-order valence-electron chi connectivity index (χ0n) is 18.4. The van der Waals surface area contributed by atoms with Gasteiger partial charge in [0.2, 0.25) is 0 Å². The van der Waals surface area contributed by atoms with Crippen LogP contribution in [0.3, 0.4) is 0 Å². The van der Waals surface area contributed by atoms with Crippen LogP contribution >= 0.6 is 0 Å². The average Bonchev–Trinajstić information content (AvgIpc) is 3.17. The van der Waals surface area contributed by atoms with Gasteiger partial charge in [-0.2, -0.15) is 9.97 Å². The van der Waals surface area contributed by atoms with Crippen molar-refractivity contribution in [3.63, 3.8) is 0 Å². The van der Waals surface area contributed by atoms with Gasteiger partial charge in [-0.15, -0.1) is 0 Å². The van der Waals surface area contributed by atoms with Crippen molar-refractivity contribution in [1.82, 2.24) is 24.8 Å². The molecule has 6 rings (SSSR count). The van der Waals surface area contributed by atoms with E-state index in [0.29, 0.717) is 34.7 Å². The Morgan fingerprint density at radius 1 is 1.09 bits per heavy atom. The van der Waals surface area contributed by atoms with E-state index in [-0.39, 0.29) is 23.0 Å². The molecule has 0 amide bonds. The molecule has 33 heavy (non-hydrogen) atoms. The molecule has 2 saturated heterocycles. The van der Waals surface area contributed by atoms with Gasteiger partial charge >= 0.3 is 6.01 Å². The summed E-state index contributed by atoms with van der Waals surface area (Å²) in [5.74, 6) is 1.10. The smallest absolute Gasteiger partial charge is 0.320 e. The quantitative estimate of drug-likeness (QED) is 0.496. The SMILES string of the molecule is COc1nc(N2CC3CCC(C2)N3)c2c(=O)n(C)c(-c3cc(O)cc4ccccc34)nc2n1. The molecule has 0 saturated carbocycles. The van der Waals surface area contributed by atoms with Crippen LogP contribution < -0.4 is 20.5 Å². The summed E-state index contributed by atoms with van der Waals surface area (Å²) >= 11 is 0. The summed E-state index contributed by atoms with van der Waals surface area (Å²) in [4.78, 5) is 29.6. The maximum Gasteiger partial charge on any atom is 0.320 e. The molecule has 2 unspecified atom stereocenters. The van der Waals surface area contributed by atoms with Crippen LogP contribution in [0.5, 0.6) is 11.8 Å². The number of nitrogens with zero attached hydrogens (tertiary/aromatic N) is 5. The van der Waals surface area contributed by atoms with Gasteiger partial charge < -0.3 is 20.1 Å². The lowest BCUT2D eigenvalue weighted by atomic mass is 10.0. The van der Waals surface area contributed by atoms with Gasteiger partial charge in [0.05, 0.1) is 7.11 Å². The standard InChI is InChI=1S/C24H24N6O3/c1-29-21(18-10-16(31)9-13-5-3-4-6-17(13)18)26-20-19(23(29)32)22(28-24(27-20)33-2)30-11-14-7-8-15(12-30)25-14/h3-6,9-10,14-15,25,31H,7-8,11-12H2,1-2H3. The lowest BCUT2D eigenvalue weighted by Gasteiger charge is -2.34. The number of ether oxygens (including phenoxy) is 1. The fourth-order valence-electron chi connectivity index (χ4n) is 5.14. The predicted molar refractivity (Wildman–Crippen MR) is 126 cm³/mol. The summed E-state index contributed by atoms with van der Waals surface area (Å²) in [6, 6.07) is 12.0. The maximum atomic E-state index is 13.7. The van der Waals surface area contributed by atoms with E-state index in [1.807, 2.05) is 24.3 Å². The average molecular weight is 444 g/mol. The Bertz CT molecular complexity index is 1450. The lowest BCUT2D eigenvalue weighted by Crippen LogP contribution is -2.51. The minimum atomic E-state index is -0.231. The molecule has 0 spiro atoms. The van der Waals surface area contributed by atoms with E-state index in [2.05, 4.69) is 20.2 Å². The molecule has 9 heteroatoms. The van der Waals surface area contributed by atoms with Crippen molar-refractivity contribution in [1.29, 1.82) is 0 Å². The molecule has 2 atom stereocenters. The number of hydrogen-bond acceptors (Lipinski definition) is 8. The lowest BCUT2D eigenvalue weighted by molar-refractivity contribution is 0.380. The molecule has 9 nitrogen and oxygen atoms in total. The number of methoxy groups -OCH3 is 1. The van der Waals surface area contributed by atoms with Crippen LogP contribution in [0.4, 0.5) is 5.82 Å². The van der Waals surface area contributed by atoms with E-state index < -0.39 is 0 Å². The van der Waals surface area contributed by atoms with Gasteiger partial charge in [0.1, 0.15) is 17.0 Å². The summed E-state index contributed by atoms with van der Waals surface area (Å²) in [6.07, 6.45) is 2.23. The first-order chi connectivity index (χ1) is 16.0. The number of hydrogen-bond donors (Lipinski definition) is 2. The van der Waals surface area contributed by atoms with Crippen LogP contribution in [0.2, 0.25) is 0 Å². The third kappa shape index (κ3) is 3.19. The number of piperazine rings is 1. The summed E-state index contributed by atoms with van der Waals surface area (Å²) in [6.45, 7) is 1.54. The molecule has 0 aliphatic carbocycles. The molecule has 4 aromatic rings. The van der Waals surface area contributed by atoms with Crippen molar-refractivity contribution in [3.8, 4) is 23.1 Å². The fourth-order valence-corrected chi connectivity index (χ4v) is 5.14. The number of phenolic OH excluding ortho intramolecular Hbond substituents is 1. The molecule has 2 aliphatic heterocycles. The molecular formula is C24H24N6O3. The van der Waals surface area contributed by atoms with E-state index >= 15 is 0 Å². The van der Waals surface area contributed by atoms with E-state index in [4.69, 9.17) is 9.72 Å². The number of aromatic nitrogens is 4. The van der Waals surface area contributed by atoms with Gasteiger partial charge in [-0.3, -0.25) is 9.36 Å². The molecule has 4 heterocycles. The van der Waals surface area contributed by atoms with Gasteiger partial charge in [0.25, 0.3) is 5.56 Å². The summed E-state index contributed by atoms with van der Waals surface area (Å²) < 4.78 is 6.89. The summed E-state index contributed by atoms with van der Waals surface area (Å²) in [5, 5.41) is 16.1. The van der Waals surface area contributed by atoms with Crippen molar-refractivity contribution < 1.29 is 9.84 Å². The third-order valence-electron chi connectivity index (χ3n) is 6.68. The molecular weight excluding hydrogens is 420 g/mol. The molecule has 0 radical (unpaired) electrons. The topological polar surface area (TPSA) is 105 Å². The van der Waals surface area contributed by atoms with Gasteiger partial charge in [0.15, 0.2) is 11.5 Å². The number of fused-ring (bicyclic) bond motifs is 4. The Labute approximate surface area is 189 Å². The first-order valence-electron chi connectivity index (χ1n) is 11.1. The van der Waals surface area contributed by atoms with Crippen LogP contribution in [-0.4, -0.2) is 56.9 Å². The molecule has 2 N–H and O–H groups in total. The maximum absolute atomic E-state index is 13.7. The first-order valence-corrected chi connectivity index (χ1v) is 11.1. The number of aromatic hydroxyl groups is 1. The van der Waals surface area contributed by atoms with Crippen molar-refractivity contribution in [3.05, 3.63) is 46.8 Å². The summed E-state index contributed by atoms with van der Waals surface area (Å²) in [5.41, 5.74) is 0.714. The number of phenols is 1. The molecule has 2 aromatic heterocycles. The van der Waals surface area contributed by atoms with E-state index in [1.165, 1.54) is 11.7 Å². The van der Waals surface area contributed by atoms with E-state index in [0.717, 1.165) is 36.7 Å². The van der Waals surface area contributed by atoms with Crippen molar-refractivity contribution >= 4 is 27.6 Å². The van der Waals surface area contributed by atoms with Crippen molar-refractivity contribution in [2.75, 3.05) is 25.1 Å². The molecule has 2 aliphatic rings. The van der Waals surface area contributed by atoms with Crippen LogP contribution in [0.1, 0.15) is 12.8 Å². The van der Waals surface area contributed by atoms with Gasteiger partial charge in [0, 0.05) is 37.8 Å². The second-order valence-electron chi connectivity index (χ2n) is 8.79. The number of nitrogens with one attached hydrogen (secondary N) is 1. The largest absolute Gasteiger partial charge is 0.508 e. The van der Waals surface area contributed by atoms with E-state index in [9.17, 15) is 9.90 Å². The number of rotatable bonds is 3. The highest BCUT2D eigenvalue weighted by atomic mass is 16.5. The highest BCUT2D eigenvalue weighted by Crippen LogP contribution is 2.33. The number of benzene rings is 2. The van der Waals surface area contributed by atoms with Crippen LogP contribution in [0.25, 0.3) is 33.2 Å². The Balaban J connectivity index is 1.61. The zero-order valence-corrected chi connectivity index (χ0v) is 18.4. The minimum absolute atomic E-state index is 0.107. The zero-order chi connectivity index (χ0) is 22.7. The molecule has 2 bridgehead atoms. The highest BCUT2D eigenvalue weighted by Gasteiger charge is 2.34. The normalized spacial score (nSPS) is 20.0. The van der Waals surface area contributed by atoms with Crippen LogP contribution in [0.15, 0.2) is 41.2 Å². The highest BCUT2D eigenvalue weighted by molar-refractivity contribution is 5.97. The Kier molecular flexibility index (Phi) is 4.48. The third-order valence-corrected chi connectivity index (χ3v) is 6.68. The first kappa shape index (κ1) is 19.9. The predicted octanol–water partition coefficient (Wildman–Crippen LogP) is 2.20. The Morgan fingerprint density at radius 3 is 2.61 bits per heavy atom. The van der Waals surface area contributed by atoms with Crippen molar-refractivity contribution in [2.45, 2.75) is 24.9 Å². The molecule has 168 valence electrons. The summed E-state index contributed by atoms with van der Waals surface area (Å²) in [7, 11) is 3.20. The fraction of sp³-hybridized carbons (Fsp3) is 0.333. The van der Waals surface area contributed by atoms with Gasteiger partial charge in [-0.1, -0.05) is 24.3 Å². The Hall–Kier alpha value is -3.72. The minimum Gasteiger partial charge on any atom is -0.508 e. The Morgan fingerprint density at radius 2 is 1.85 bits per heavy atom.